The molecule has 0 fully saturated rings. The van der Waals surface area contributed by atoms with Crippen LogP contribution in [0.25, 0.3) is 0 Å². The van der Waals surface area contributed by atoms with Crippen LogP contribution in [0.1, 0.15) is 55.3 Å². The van der Waals surface area contributed by atoms with Crippen molar-refractivity contribution in [3.8, 4) is 0 Å². The average molecular weight is 283 g/mol. The molecule has 3 rings (SSSR count). The van der Waals surface area contributed by atoms with Gasteiger partial charge in [0.25, 0.3) is 0 Å². The number of hydrogen-bond acceptors (Lipinski definition) is 2. The number of nitrogens with zero attached hydrogens (tertiary/aromatic N) is 2. The first-order valence-electron chi connectivity index (χ1n) is 8.17. The summed E-state index contributed by atoms with van der Waals surface area (Å²) in [5.74, 6) is 0. The van der Waals surface area contributed by atoms with Crippen molar-refractivity contribution in [2.45, 2.75) is 51.6 Å². The molecular formula is C18H25N3. The molecule has 3 heteroatoms. The van der Waals surface area contributed by atoms with E-state index in [9.17, 15) is 0 Å². The SMILES string of the molecule is CCCNC1CCCCc2cn(Cc3ccncc3)cc21. The monoisotopic (exact) mass is 283 g/mol. The van der Waals surface area contributed by atoms with Crippen LogP contribution in [0.15, 0.2) is 36.9 Å². The molecule has 0 bridgehead atoms. The quantitative estimate of drug-likeness (QED) is 0.848. The van der Waals surface area contributed by atoms with Crippen LogP contribution in [0.3, 0.4) is 0 Å². The summed E-state index contributed by atoms with van der Waals surface area (Å²) >= 11 is 0. The molecule has 2 heterocycles. The van der Waals surface area contributed by atoms with E-state index in [1.807, 2.05) is 12.4 Å². The van der Waals surface area contributed by atoms with Crippen LogP contribution in [0.4, 0.5) is 0 Å². The summed E-state index contributed by atoms with van der Waals surface area (Å²) in [6, 6.07) is 4.73. The Morgan fingerprint density at radius 2 is 2.10 bits per heavy atom. The Labute approximate surface area is 127 Å². The first-order valence-corrected chi connectivity index (χ1v) is 8.17. The summed E-state index contributed by atoms with van der Waals surface area (Å²) in [7, 11) is 0. The molecule has 0 aliphatic heterocycles. The van der Waals surface area contributed by atoms with Crippen LogP contribution < -0.4 is 5.32 Å². The molecule has 1 unspecified atom stereocenters. The molecule has 2 aromatic heterocycles. The van der Waals surface area contributed by atoms with Crippen LogP contribution in [-0.2, 0) is 13.0 Å². The molecule has 0 aromatic carbocycles. The third-order valence-corrected chi connectivity index (χ3v) is 4.32. The number of hydrogen-bond donors (Lipinski definition) is 1. The average Bonchev–Trinajstić information content (AvgIpc) is 2.81. The summed E-state index contributed by atoms with van der Waals surface area (Å²) in [5.41, 5.74) is 4.37. The summed E-state index contributed by atoms with van der Waals surface area (Å²) in [4.78, 5) is 4.09. The summed E-state index contributed by atoms with van der Waals surface area (Å²) in [6.07, 6.45) is 14.8. The van der Waals surface area contributed by atoms with Gasteiger partial charge >= 0.3 is 0 Å². The van der Waals surface area contributed by atoms with Crippen LogP contribution in [0, 0.1) is 0 Å². The molecule has 1 aliphatic carbocycles. The number of aryl methyl sites for hydroxylation is 1. The highest BCUT2D eigenvalue weighted by atomic mass is 15.0. The van der Waals surface area contributed by atoms with Gasteiger partial charge in [-0.3, -0.25) is 4.98 Å². The van der Waals surface area contributed by atoms with Crippen molar-refractivity contribution in [1.29, 1.82) is 0 Å². The highest BCUT2D eigenvalue weighted by molar-refractivity contribution is 5.30. The fourth-order valence-electron chi connectivity index (χ4n) is 3.24. The first-order chi connectivity index (χ1) is 10.4. The van der Waals surface area contributed by atoms with Gasteiger partial charge in [0.2, 0.25) is 0 Å². The zero-order valence-electron chi connectivity index (χ0n) is 12.9. The van der Waals surface area contributed by atoms with E-state index in [0.29, 0.717) is 6.04 Å². The zero-order valence-corrected chi connectivity index (χ0v) is 12.9. The van der Waals surface area contributed by atoms with Gasteiger partial charge in [0.1, 0.15) is 0 Å². The summed E-state index contributed by atoms with van der Waals surface area (Å²) in [6.45, 7) is 4.29. The van der Waals surface area contributed by atoms with Crippen LogP contribution in [0.5, 0.6) is 0 Å². The van der Waals surface area contributed by atoms with Gasteiger partial charge in [0.05, 0.1) is 0 Å². The van der Waals surface area contributed by atoms with Crippen LogP contribution >= 0.6 is 0 Å². The Hall–Kier alpha value is -1.61. The topological polar surface area (TPSA) is 29.9 Å². The van der Waals surface area contributed by atoms with Gasteiger partial charge in [0, 0.05) is 37.4 Å². The fraction of sp³-hybridized carbons (Fsp3) is 0.500. The fourth-order valence-corrected chi connectivity index (χ4v) is 3.24. The third kappa shape index (κ3) is 3.53. The Kier molecular flexibility index (Phi) is 4.71. The van der Waals surface area contributed by atoms with Gasteiger partial charge in [-0.05, 0) is 61.1 Å². The first kappa shape index (κ1) is 14.3. The zero-order chi connectivity index (χ0) is 14.5. The van der Waals surface area contributed by atoms with E-state index in [-0.39, 0.29) is 0 Å². The standard InChI is InChI=1S/C18H25N3/c1-2-9-20-18-6-4-3-5-16-13-21(14-17(16)18)12-15-7-10-19-11-8-15/h7-8,10-11,13-14,18,20H,2-6,9,12H2,1H3. The maximum absolute atomic E-state index is 4.09. The third-order valence-electron chi connectivity index (χ3n) is 4.32. The Morgan fingerprint density at radius 3 is 2.90 bits per heavy atom. The van der Waals surface area contributed by atoms with Crippen LogP contribution in [0.2, 0.25) is 0 Å². The lowest BCUT2D eigenvalue weighted by atomic mass is 10.0. The second kappa shape index (κ2) is 6.90. The number of aromatic nitrogens is 2. The number of fused-ring (bicyclic) bond motifs is 1. The predicted molar refractivity (Wildman–Crippen MR) is 86.4 cm³/mol. The Morgan fingerprint density at radius 1 is 1.24 bits per heavy atom. The molecule has 21 heavy (non-hydrogen) atoms. The number of pyridine rings is 1. The van der Waals surface area contributed by atoms with Gasteiger partial charge in [-0.2, -0.15) is 0 Å². The van der Waals surface area contributed by atoms with Crippen molar-refractivity contribution >= 4 is 0 Å². The van der Waals surface area contributed by atoms with Crippen molar-refractivity contribution in [2.24, 2.45) is 0 Å². The molecule has 0 saturated heterocycles. The molecule has 0 saturated carbocycles. The van der Waals surface area contributed by atoms with Crippen molar-refractivity contribution in [2.75, 3.05) is 6.54 Å². The van der Waals surface area contributed by atoms with Gasteiger partial charge in [-0.15, -0.1) is 0 Å². The lowest BCUT2D eigenvalue weighted by Crippen LogP contribution is -2.21. The minimum atomic E-state index is 0.543. The minimum absolute atomic E-state index is 0.543. The highest BCUT2D eigenvalue weighted by Crippen LogP contribution is 2.29. The van der Waals surface area contributed by atoms with Gasteiger partial charge in [-0.1, -0.05) is 13.3 Å². The largest absolute Gasteiger partial charge is 0.349 e. The van der Waals surface area contributed by atoms with E-state index in [1.165, 1.54) is 48.8 Å². The molecule has 0 amide bonds. The smallest absolute Gasteiger partial charge is 0.0471 e. The molecule has 2 aromatic rings. The molecule has 1 aliphatic rings. The minimum Gasteiger partial charge on any atom is -0.349 e. The van der Waals surface area contributed by atoms with Gasteiger partial charge < -0.3 is 9.88 Å². The van der Waals surface area contributed by atoms with E-state index < -0.39 is 0 Å². The summed E-state index contributed by atoms with van der Waals surface area (Å²) < 4.78 is 2.34. The van der Waals surface area contributed by atoms with E-state index >= 15 is 0 Å². The van der Waals surface area contributed by atoms with E-state index in [4.69, 9.17) is 0 Å². The number of rotatable bonds is 5. The molecule has 0 radical (unpaired) electrons. The Bertz CT molecular complexity index is 559. The second-order valence-electron chi connectivity index (χ2n) is 6.02. The highest BCUT2D eigenvalue weighted by Gasteiger charge is 2.19. The van der Waals surface area contributed by atoms with Crippen molar-refractivity contribution in [1.82, 2.24) is 14.9 Å². The molecule has 3 nitrogen and oxygen atoms in total. The van der Waals surface area contributed by atoms with Gasteiger partial charge in [-0.25, -0.2) is 0 Å². The van der Waals surface area contributed by atoms with Gasteiger partial charge in [0.15, 0.2) is 0 Å². The summed E-state index contributed by atoms with van der Waals surface area (Å²) in [5, 5.41) is 3.72. The Balaban J connectivity index is 1.79. The van der Waals surface area contributed by atoms with Crippen molar-refractivity contribution < 1.29 is 0 Å². The van der Waals surface area contributed by atoms with Crippen molar-refractivity contribution in [3.05, 3.63) is 53.6 Å². The maximum Gasteiger partial charge on any atom is 0.0471 e. The van der Waals surface area contributed by atoms with Crippen molar-refractivity contribution in [3.63, 3.8) is 0 Å². The second-order valence-corrected chi connectivity index (χ2v) is 6.02. The van der Waals surface area contributed by atoms with E-state index in [0.717, 1.165) is 13.1 Å². The predicted octanol–water partition coefficient (Wildman–Crippen LogP) is 3.70. The normalized spacial score (nSPS) is 18.2. The lowest BCUT2D eigenvalue weighted by molar-refractivity contribution is 0.488. The lowest BCUT2D eigenvalue weighted by Gasteiger charge is -2.16. The van der Waals surface area contributed by atoms with Crippen LogP contribution in [-0.4, -0.2) is 16.1 Å². The molecule has 0 spiro atoms. The molecule has 1 N–H and O–H groups in total. The molecular weight excluding hydrogens is 258 g/mol. The molecule has 112 valence electrons. The van der Waals surface area contributed by atoms with E-state index in [2.05, 4.69) is 46.3 Å². The number of nitrogens with one attached hydrogen (secondary N) is 1. The molecule has 1 atom stereocenters. The maximum atomic E-state index is 4.09. The van der Waals surface area contributed by atoms with E-state index in [1.54, 1.807) is 0 Å².